The summed E-state index contributed by atoms with van der Waals surface area (Å²) in [6.45, 7) is 1.29. The number of hydrogen-bond donors (Lipinski definition) is 1. The van der Waals surface area contributed by atoms with Gasteiger partial charge < -0.3 is 5.32 Å². The van der Waals surface area contributed by atoms with Crippen LogP contribution in [0.3, 0.4) is 0 Å². The molecule has 0 bridgehead atoms. The molecule has 3 aliphatic rings. The van der Waals surface area contributed by atoms with Crippen LogP contribution in [0.15, 0.2) is 0 Å². The van der Waals surface area contributed by atoms with Gasteiger partial charge in [-0.2, -0.15) is 0 Å². The predicted molar refractivity (Wildman–Crippen MR) is 77.7 cm³/mol. The van der Waals surface area contributed by atoms with Crippen molar-refractivity contribution in [1.82, 2.24) is 5.32 Å². The molecule has 0 aromatic heterocycles. The third-order valence-corrected chi connectivity index (χ3v) is 5.70. The molecule has 1 N–H and O–H groups in total. The van der Waals surface area contributed by atoms with E-state index in [-0.39, 0.29) is 0 Å². The molecule has 0 spiro atoms. The first-order valence-corrected chi connectivity index (χ1v) is 8.65. The lowest BCUT2D eigenvalue weighted by molar-refractivity contribution is 0.259. The monoisotopic (exact) mass is 249 g/mol. The molecule has 18 heavy (non-hydrogen) atoms. The third-order valence-electron chi connectivity index (χ3n) is 5.70. The van der Waals surface area contributed by atoms with Crippen LogP contribution in [-0.4, -0.2) is 12.6 Å². The minimum absolute atomic E-state index is 0.868. The number of rotatable bonds is 6. The van der Waals surface area contributed by atoms with Gasteiger partial charge in [-0.1, -0.05) is 38.5 Å². The first-order valence-electron chi connectivity index (χ1n) is 8.65. The Labute approximate surface area is 113 Å². The average molecular weight is 249 g/mol. The van der Waals surface area contributed by atoms with E-state index >= 15 is 0 Å². The van der Waals surface area contributed by atoms with Gasteiger partial charge in [-0.05, 0) is 62.8 Å². The van der Waals surface area contributed by atoms with E-state index in [1.54, 1.807) is 12.8 Å². The third kappa shape index (κ3) is 3.73. The molecule has 3 aliphatic carbocycles. The molecule has 1 heteroatoms. The van der Waals surface area contributed by atoms with Crippen LogP contribution < -0.4 is 5.32 Å². The Morgan fingerprint density at radius 2 is 1.61 bits per heavy atom. The van der Waals surface area contributed by atoms with E-state index in [9.17, 15) is 0 Å². The quantitative estimate of drug-likeness (QED) is 0.683. The molecule has 0 heterocycles. The van der Waals surface area contributed by atoms with Crippen molar-refractivity contribution in [2.24, 2.45) is 17.8 Å². The molecule has 3 saturated carbocycles. The van der Waals surface area contributed by atoms with Gasteiger partial charge in [-0.25, -0.2) is 0 Å². The van der Waals surface area contributed by atoms with Crippen molar-refractivity contribution in [1.29, 1.82) is 0 Å². The normalized spacial score (nSPS) is 34.0. The van der Waals surface area contributed by atoms with Crippen LogP contribution in [0, 0.1) is 17.8 Å². The maximum Gasteiger partial charge on any atom is 0.00698 e. The van der Waals surface area contributed by atoms with Gasteiger partial charge in [0, 0.05) is 6.04 Å². The second kappa shape index (κ2) is 6.41. The Hall–Kier alpha value is -0.0400. The molecular formula is C17H31N. The van der Waals surface area contributed by atoms with Crippen LogP contribution in [0.1, 0.15) is 77.0 Å². The van der Waals surface area contributed by atoms with Crippen LogP contribution in [0.25, 0.3) is 0 Å². The fourth-order valence-corrected chi connectivity index (χ4v) is 4.40. The summed E-state index contributed by atoms with van der Waals surface area (Å²) in [5.74, 6) is 3.30. The maximum atomic E-state index is 3.86. The van der Waals surface area contributed by atoms with Crippen molar-refractivity contribution in [3.63, 3.8) is 0 Å². The van der Waals surface area contributed by atoms with Crippen LogP contribution >= 0.6 is 0 Å². The van der Waals surface area contributed by atoms with Crippen LogP contribution in [-0.2, 0) is 0 Å². The van der Waals surface area contributed by atoms with Crippen molar-refractivity contribution in [3.8, 4) is 0 Å². The van der Waals surface area contributed by atoms with E-state index in [2.05, 4.69) is 5.32 Å². The summed E-state index contributed by atoms with van der Waals surface area (Å²) in [6.07, 6.45) is 18.0. The van der Waals surface area contributed by atoms with Crippen molar-refractivity contribution in [3.05, 3.63) is 0 Å². The van der Waals surface area contributed by atoms with Crippen molar-refractivity contribution >= 4 is 0 Å². The van der Waals surface area contributed by atoms with Crippen molar-refractivity contribution in [2.45, 2.75) is 83.1 Å². The molecule has 0 aromatic carbocycles. The Balaban J connectivity index is 1.27. The van der Waals surface area contributed by atoms with Gasteiger partial charge in [-0.15, -0.1) is 0 Å². The second-order valence-corrected chi connectivity index (χ2v) is 7.21. The minimum atomic E-state index is 0.868. The molecule has 0 aromatic rings. The van der Waals surface area contributed by atoms with Gasteiger partial charge in [0.05, 0.1) is 0 Å². The van der Waals surface area contributed by atoms with E-state index in [1.165, 1.54) is 70.8 Å². The lowest BCUT2D eigenvalue weighted by Crippen LogP contribution is -2.35. The Morgan fingerprint density at radius 1 is 0.778 bits per heavy atom. The van der Waals surface area contributed by atoms with Crippen LogP contribution in [0.5, 0.6) is 0 Å². The molecule has 0 amide bonds. The first kappa shape index (κ1) is 13.0. The largest absolute Gasteiger partial charge is 0.314 e. The Morgan fingerprint density at radius 3 is 2.39 bits per heavy atom. The van der Waals surface area contributed by atoms with E-state index in [1.807, 2.05) is 0 Å². The van der Waals surface area contributed by atoms with Gasteiger partial charge in [0.2, 0.25) is 0 Å². The van der Waals surface area contributed by atoms with Gasteiger partial charge in [0.15, 0.2) is 0 Å². The summed E-state index contributed by atoms with van der Waals surface area (Å²) >= 11 is 0. The molecule has 1 nitrogen and oxygen atoms in total. The van der Waals surface area contributed by atoms with E-state index in [0.717, 1.165) is 23.8 Å². The zero-order valence-corrected chi connectivity index (χ0v) is 12.0. The molecule has 0 saturated heterocycles. The summed E-state index contributed by atoms with van der Waals surface area (Å²) < 4.78 is 0. The average Bonchev–Trinajstić information content (AvgIpc) is 3.13. The van der Waals surface area contributed by atoms with E-state index in [0.29, 0.717) is 0 Å². The van der Waals surface area contributed by atoms with Gasteiger partial charge >= 0.3 is 0 Å². The summed E-state index contributed by atoms with van der Waals surface area (Å²) in [5, 5.41) is 3.86. The summed E-state index contributed by atoms with van der Waals surface area (Å²) in [5.41, 5.74) is 0. The molecule has 104 valence electrons. The van der Waals surface area contributed by atoms with Gasteiger partial charge in [-0.3, -0.25) is 0 Å². The van der Waals surface area contributed by atoms with E-state index in [4.69, 9.17) is 0 Å². The molecule has 0 radical (unpaired) electrons. The molecule has 0 aliphatic heterocycles. The maximum absolute atomic E-state index is 3.86. The van der Waals surface area contributed by atoms with Crippen molar-refractivity contribution in [2.75, 3.05) is 6.54 Å². The zero-order chi connectivity index (χ0) is 12.2. The first-order chi connectivity index (χ1) is 8.92. The molecular weight excluding hydrogens is 218 g/mol. The van der Waals surface area contributed by atoms with E-state index < -0.39 is 0 Å². The van der Waals surface area contributed by atoms with Crippen LogP contribution in [0.4, 0.5) is 0 Å². The molecule has 3 rings (SSSR count). The SMILES string of the molecule is C1CCC(CCCNC2CCCC(C3CC3)C2)C1. The van der Waals surface area contributed by atoms with Gasteiger partial charge in [0.25, 0.3) is 0 Å². The predicted octanol–water partition coefficient (Wildman–Crippen LogP) is 4.52. The fraction of sp³-hybridized carbons (Fsp3) is 1.00. The fourth-order valence-electron chi connectivity index (χ4n) is 4.40. The molecule has 2 atom stereocenters. The highest BCUT2D eigenvalue weighted by Crippen LogP contribution is 2.43. The Bertz CT molecular complexity index is 240. The molecule has 2 unspecified atom stereocenters. The molecule has 3 fully saturated rings. The second-order valence-electron chi connectivity index (χ2n) is 7.21. The zero-order valence-electron chi connectivity index (χ0n) is 12.0. The van der Waals surface area contributed by atoms with Crippen LogP contribution in [0.2, 0.25) is 0 Å². The summed E-state index contributed by atoms with van der Waals surface area (Å²) in [4.78, 5) is 0. The standard InChI is InChI=1S/C17H31N/c1-2-6-14(5-1)7-4-12-18-17-9-3-8-16(13-17)15-10-11-15/h14-18H,1-13H2. The highest BCUT2D eigenvalue weighted by atomic mass is 14.9. The number of hydrogen-bond acceptors (Lipinski definition) is 1. The topological polar surface area (TPSA) is 12.0 Å². The lowest BCUT2D eigenvalue weighted by Gasteiger charge is -2.30. The summed E-state index contributed by atoms with van der Waals surface area (Å²) in [7, 11) is 0. The summed E-state index contributed by atoms with van der Waals surface area (Å²) in [6, 6.07) is 0.868. The Kier molecular flexibility index (Phi) is 4.62. The highest BCUT2D eigenvalue weighted by molar-refractivity contribution is 4.87. The lowest BCUT2D eigenvalue weighted by atomic mass is 9.82. The van der Waals surface area contributed by atoms with Crippen molar-refractivity contribution < 1.29 is 0 Å². The smallest absolute Gasteiger partial charge is 0.00698 e. The number of nitrogens with one attached hydrogen (secondary N) is 1. The van der Waals surface area contributed by atoms with Gasteiger partial charge in [0.1, 0.15) is 0 Å². The highest BCUT2D eigenvalue weighted by Gasteiger charge is 2.34. The minimum Gasteiger partial charge on any atom is -0.314 e.